The molecule has 0 radical (unpaired) electrons. The molecule has 0 heterocycles. The van der Waals surface area contributed by atoms with Crippen LogP contribution in [0, 0.1) is 0 Å². The van der Waals surface area contributed by atoms with Crippen molar-refractivity contribution >= 4 is 47.4 Å². The molecule has 0 aliphatic heterocycles. The Morgan fingerprint density at radius 3 is 1.10 bits per heavy atom. The van der Waals surface area contributed by atoms with E-state index < -0.39 is 11.9 Å². The van der Waals surface area contributed by atoms with Gasteiger partial charge in [-0.25, -0.2) is 9.59 Å². The predicted octanol–water partition coefficient (Wildman–Crippen LogP) is 4.61. The molecule has 0 saturated carbocycles. The summed E-state index contributed by atoms with van der Waals surface area (Å²) in [6.07, 6.45) is 3.27. The maximum Gasteiger partial charge on any atom is 0.335 e. The highest BCUT2D eigenvalue weighted by atomic mass is 16.4. The molecule has 0 aliphatic rings. The Morgan fingerprint density at radius 1 is 0.500 bits per heavy atom. The summed E-state index contributed by atoms with van der Waals surface area (Å²) in [7, 11) is 0. The summed E-state index contributed by atoms with van der Waals surface area (Å²) < 4.78 is 0. The summed E-state index contributed by atoms with van der Waals surface area (Å²) in [6, 6.07) is 26.9. The van der Waals surface area contributed by atoms with E-state index in [0.29, 0.717) is 22.5 Å². The average Bonchev–Trinajstić information content (AvgIpc) is 2.98. The van der Waals surface area contributed by atoms with Crippen LogP contribution in [0.1, 0.15) is 43.0 Å². The van der Waals surface area contributed by atoms with Crippen LogP contribution in [0.25, 0.3) is 0 Å². The molecule has 0 atom stereocenters. The summed E-state index contributed by atoms with van der Waals surface area (Å²) in [5.74, 6) is -1.60. The van der Waals surface area contributed by atoms with E-state index in [-0.39, 0.29) is 22.8 Å². The fourth-order valence-corrected chi connectivity index (χ4v) is 3.38. The van der Waals surface area contributed by atoms with Crippen molar-refractivity contribution in [1.82, 2.24) is 0 Å². The van der Waals surface area contributed by atoms with Gasteiger partial charge in [0.2, 0.25) is 0 Å². The fraction of sp³-hybridized carbons (Fsp3) is 0. The standard InChI is InChI=1S/C30H24N6O4/c31-27(21-9-13-25(14-10-21)33-17-19-1-5-23(6-2-19)29(37)38)35-36-28(32)22-11-15-26(16-12-22)34-18-20-3-7-24(8-4-20)30(39)40/h1-18H,(H2,31,35)(H2,32,36)(H,37,38)(H,39,40)/b33-17+,34-18+. The maximum atomic E-state index is 10.9. The lowest BCUT2D eigenvalue weighted by atomic mass is 10.1. The van der Waals surface area contributed by atoms with Crippen LogP contribution in [0.3, 0.4) is 0 Å². The monoisotopic (exact) mass is 532 g/mol. The minimum absolute atomic E-state index is 0.179. The number of aliphatic imine (C=N–C) groups is 2. The minimum Gasteiger partial charge on any atom is -0.478 e. The second-order valence-corrected chi connectivity index (χ2v) is 8.43. The quantitative estimate of drug-likeness (QED) is 0.139. The van der Waals surface area contributed by atoms with E-state index in [2.05, 4.69) is 20.2 Å². The van der Waals surface area contributed by atoms with Gasteiger partial charge in [-0.1, -0.05) is 24.3 Å². The largest absolute Gasteiger partial charge is 0.478 e. The topological polar surface area (TPSA) is 176 Å². The number of carboxylic acid groups (broad SMARTS) is 2. The van der Waals surface area contributed by atoms with Crippen molar-refractivity contribution in [1.29, 1.82) is 0 Å². The van der Waals surface area contributed by atoms with Crippen LogP contribution < -0.4 is 11.5 Å². The molecule has 198 valence electrons. The second kappa shape index (κ2) is 12.6. The van der Waals surface area contributed by atoms with Gasteiger partial charge in [0.25, 0.3) is 0 Å². The van der Waals surface area contributed by atoms with Crippen molar-refractivity contribution < 1.29 is 19.8 Å². The van der Waals surface area contributed by atoms with Crippen molar-refractivity contribution in [2.75, 3.05) is 0 Å². The van der Waals surface area contributed by atoms with Gasteiger partial charge in [0.1, 0.15) is 0 Å². The lowest BCUT2D eigenvalue weighted by molar-refractivity contribution is 0.0686. The third-order valence-corrected chi connectivity index (χ3v) is 5.63. The highest BCUT2D eigenvalue weighted by molar-refractivity contribution is 6.01. The van der Waals surface area contributed by atoms with Crippen molar-refractivity contribution in [2.24, 2.45) is 31.7 Å². The molecule has 0 aliphatic carbocycles. The highest BCUT2D eigenvalue weighted by Crippen LogP contribution is 2.15. The molecule has 40 heavy (non-hydrogen) atoms. The first-order valence-corrected chi connectivity index (χ1v) is 11.9. The zero-order valence-electron chi connectivity index (χ0n) is 21.0. The van der Waals surface area contributed by atoms with Gasteiger partial charge in [0, 0.05) is 23.6 Å². The van der Waals surface area contributed by atoms with E-state index in [1.165, 1.54) is 24.3 Å². The molecule has 0 fully saturated rings. The second-order valence-electron chi connectivity index (χ2n) is 8.43. The Kier molecular flexibility index (Phi) is 8.53. The van der Waals surface area contributed by atoms with Crippen molar-refractivity contribution in [3.8, 4) is 0 Å². The molecule has 0 aromatic heterocycles. The molecule has 0 amide bonds. The van der Waals surface area contributed by atoms with Crippen LogP contribution in [0.5, 0.6) is 0 Å². The van der Waals surface area contributed by atoms with Gasteiger partial charge in [-0.05, 0) is 83.9 Å². The van der Waals surface area contributed by atoms with Crippen LogP contribution in [-0.4, -0.2) is 46.3 Å². The molecule has 4 rings (SSSR count). The van der Waals surface area contributed by atoms with Gasteiger partial charge in [-0.3, -0.25) is 9.98 Å². The van der Waals surface area contributed by atoms with Crippen LogP contribution in [0.15, 0.2) is 117 Å². The van der Waals surface area contributed by atoms with E-state index in [9.17, 15) is 9.59 Å². The normalized spacial score (nSPS) is 12.2. The molecule has 0 saturated heterocycles. The van der Waals surface area contributed by atoms with Gasteiger partial charge in [-0.2, -0.15) is 0 Å². The summed E-state index contributed by atoms with van der Waals surface area (Å²) in [6.45, 7) is 0. The fourth-order valence-electron chi connectivity index (χ4n) is 3.38. The van der Waals surface area contributed by atoms with Crippen molar-refractivity contribution in [2.45, 2.75) is 0 Å². The first-order chi connectivity index (χ1) is 19.3. The Hall–Kier alpha value is -5.90. The number of benzene rings is 4. The number of carbonyl (C=O) groups is 2. The zero-order valence-corrected chi connectivity index (χ0v) is 21.0. The molecular formula is C30H24N6O4. The van der Waals surface area contributed by atoms with Crippen LogP contribution in [0.4, 0.5) is 11.4 Å². The SMILES string of the molecule is N/C(=N\N=C(/N)c1ccc(/N=C/c2ccc(C(=O)O)cc2)cc1)c1ccc(/N=C/c2ccc(C(=O)O)cc2)cc1. The highest BCUT2D eigenvalue weighted by Gasteiger charge is 2.03. The first-order valence-electron chi connectivity index (χ1n) is 11.9. The summed E-state index contributed by atoms with van der Waals surface area (Å²) >= 11 is 0. The maximum absolute atomic E-state index is 10.9. The summed E-state index contributed by atoms with van der Waals surface area (Å²) in [5.41, 5.74) is 16.8. The van der Waals surface area contributed by atoms with Gasteiger partial charge in [-0.15, -0.1) is 10.2 Å². The van der Waals surface area contributed by atoms with Gasteiger partial charge in [0.05, 0.1) is 22.5 Å². The number of nitrogens with two attached hydrogens (primary N) is 2. The predicted molar refractivity (Wildman–Crippen MR) is 156 cm³/mol. The summed E-state index contributed by atoms with van der Waals surface area (Å²) in [4.78, 5) is 30.7. The number of aromatic carboxylic acids is 2. The molecule has 0 spiro atoms. The van der Waals surface area contributed by atoms with E-state index >= 15 is 0 Å². The number of rotatable bonds is 9. The van der Waals surface area contributed by atoms with Gasteiger partial charge >= 0.3 is 11.9 Å². The molecular weight excluding hydrogens is 508 g/mol. The third kappa shape index (κ3) is 7.33. The number of nitrogens with zero attached hydrogens (tertiary/aromatic N) is 4. The average molecular weight is 533 g/mol. The molecule has 10 heteroatoms. The summed E-state index contributed by atoms with van der Waals surface area (Å²) in [5, 5.41) is 26.0. The van der Waals surface area contributed by atoms with Crippen molar-refractivity contribution in [3.05, 3.63) is 130 Å². The van der Waals surface area contributed by atoms with Gasteiger partial charge < -0.3 is 21.7 Å². The van der Waals surface area contributed by atoms with E-state index in [1.54, 1.807) is 85.2 Å². The lowest BCUT2D eigenvalue weighted by Gasteiger charge is -2.02. The number of hydrogen-bond acceptors (Lipinski definition) is 6. The molecule has 4 aromatic rings. The van der Waals surface area contributed by atoms with E-state index in [1.807, 2.05) is 0 Å². The number of hydrogen-bond donors (Lipinski definition) is 4. The van der Waals surface area contributed by atoms with E-state index in [0.717, 1.165) is 11.1 Å². The lowest BCUT2D eigenvalue weighted by Crippen LogP contribution is -2.16. The smallest absolute Gasteiger partial charge is 0.335 e. The van der Waals surface area contributed by atoms with Crippen LogP contribution >= 0.6 is 0 Å². The Bertz CT molecular complexity index is 1500. The number of amidine groups is 2. The van der Waals surface area contributed by atoms with E-state index in [4.69, 9.17) is 21.7 Å². The Balaban J connectivity index is 1.36. The Labute approximate surface area is 229 Å². The molecule has 0 unspecified atom stereocenters. The van der Waals surface area contributed by atoms with Gasteiger partial charge in [0.15, 0.2) is 11.7 Å². The minimum atomic E-state index is -0.979. The molecule has 4 aromatic carbocycles. The van der Waals surface area contributed by atoms with Crippen molar-refractivity contribution in [3.63, 3.8) is 0 Å². The zero-order chi connectivity index (χ0) is 28.5. The molecule has 6 N–H and O–H groups in total. The van der Waals surface area contributed by atoms with Crippen LogP contribution in [0.2, 0.25) is 0 Å². The number of carboxylic acids is 2. The molecule has 0 bridgehead atoms. The van der Waals surface area contributed by atoms with Crippen LogP contribution in [-0.2, 0) is 0 Å². The Morgan fingerprint density at radius 2 is 0.800 bits per heavy atom. The third-order valence-electron chi connectivity index (χ3n) is 5.63. The first kappa shape index (κ1) is 27.1. The molecule has 10 nitrogen and oxygen atoms in total.